The summed E-state index contributed by atoms with van der Waals surface area (Å²) in [5.74, 6) is 0.671. The van der Waals surface area contributed by atoms with Crippen LogP contribution in [0, 0.1) is 0 Å². The molecule has 0 atom stereocenters. The van der Waals surface area contributed by atoms with Gasteiger partial charge in [0.1, 0.15) is 0 Å². The molecule has 0 aromatic carbocycles. The van der Waals surface area contributed by atoms with Gasteiger partial charge in [0.05, 0.1) is 31.0 Å². The molecule has 1 fully saturated rings. The van der Waals surface area contributed by atoms with Crippen LogP contribution >= 0.6 is 15.9 Å². The van der Waals surface area contributed by atoms with E-state index in [-0.39, 0.29) is 5.91 Å². The lowest BCUT2D eigenvalue weighted by atomic mass is 10.2. The highest BCUT2D eigenvalue weighted by molar-refractivity contribution is 9.10. The van der Waals surface area contributed by atoms with E-state index in [0.717, 1.165) is 34.8 Å². The quantitative estimate of drug-likeness (QED) is 0.777. The van der Waals surface area contributed by atoms with Crippen molar-refractivity contribution in [3.63, 3.8) is 0 Å². The third-order valence-corrected chi connectivity index (χ3v) is 4.61. The van der Waals surface area contributed by atoms with E-state index < -0.39 is 0 Å². The van der Waals surface area contributed by atoms with Crippen molar-refractivity contribution in [1.82, 2.24) is 19.9 Å². The highest BCUT2D eigenvalue weighted by Gasteiger charge is 2.27. The molecule has 124 valence electrons. The molecule has 4 heterocycles. The Labute approximate surface area is 147 Å². The van der Waals surface area contributed by atoms with E-state index in [1.807, 2.05) is 6.20 Å². The number of ether oxygens (including phenoxy) is 1. The standard InChI is InChI=1S/C16H16BrN5O2/c17-13-5-11(6-18-8-13)15(23)22-9-12-7-19-16(20-14(12)10-22)21-1-3-24-4-2-21/h5-8H,1-4,9-10H2. The van der Waals surface area contributed by atoms with E-state index in [4.69, 9.17) is 4.74 Å². The van der Waals surface area contributed by atoms with Crippen molar-refractivity contribution < 1.29 is 9.53 Å². The third kappa shape index (κ3) is 2.99. The largest absolute Gasteiger partial charge is 0.378 e. The summed E-state index contributed by atoms with van der Waals surface area (Å²) in [6.07, 6.45) is 5.08. The smallest absolute Gasteiger partial charge is 0.256 e. The molecule has 0 spiro atoms. The fraction of sp³-hybridized carbons (Fsp3) is 0.375. The molecular formula is C16H16BrN5O2. The molecule has 2 aliphatic heterocycles. The maximum Gasteiger partial charge on any atom is 0.256 e. The molecule has 24 heavy (non-hydrogen) atoms. The number of aromatic nitrogens is 3. The summed E-state index contributed by atoms with van der Waals surface area (Å²) in [6.45, 7) is 4.02. The van der Waals surface area contributed by atoms with Crippen LogP contribution in [0.5, 0.6) is 0 Å². The number of carbonyl (C=O) groups is 1. The van der Waals surface area contributed by atoms with Crippen LogP contribution in [0.15, 0.2) is 29.1 Å². The zero-order chi connectivity index (χ0) is 16.5. The molecule has 2 aromatic rings. The molecule has 2 aliphatic rings. The predicted molar refractivity (Wildman–Crippen MR) is 90.6 cm³/mol. The summed E-state index contributed by atoms with van der Waals surface area (Å²) in [4.78, 5) is 29.7. The highest BCUT2D eigenvalue weighted by Crippen LogP contribution is 2.24. The second-order valence-corrected chi connectivity index (χ2v) is 6.71. The molecule has 0 saturated carbocycles. The Hall–Kier alpha value is -2.06. The first-order valence-corrected chi connectivity index (χ1v) is 8.57. The average molecular weight is 390 g/mol. The molecule has 4 rings (SSSR count). The second-order valence-electron chi connectivity index (χ2n) is 5.79. The SMILES string of the molecule is O=C(c1cncc(Br)c1)N1Cc2cnc(N3CCOCC3)nc2C1. The molecular weight excluding hydrogens is 374 g/mol. The first kappa shape index (κ1) is 15.5. The van der Waals surface area contributed by atoms with Crippen LogP contribution < -0.4 is 4.90 Å². The van der Waals surface area contributed by atoms with Crippen LogP contribution in [0.25, 0.3) is 0 Å². The summed E-state index contributed by atoms with van der Waals surface area (Å²) < 4.78 is 6.15. The van der Waals surface area contributed by atoms with Gasteiger partial charge < -0.3 is 14.5 Å². The zero-order valence-electron chi connectivity index (χ0n) is 13.0. The first-order chi connectivity index (χ1) is 11.7. The van der Waals surface area contributed by atoms with Gasteiger partial charge >= 0.3 is 0 Å². The molecule has 1 amide bonds. The van der Waals surface area contributed by atoms with Gasteiger partial charge in [0.25, 0.3) is 5.91 Å². The van der Waals surface area contributed by atoms with Crippen molar-refractivity contribution in [2.45, 2.75) is 13.1 Å². The maximum absolute atomic E-state index is 12.6. The van der Waals surface area contributed by atoms with Gasteiger partial charge in [-0.1, -0.05) is 0 Å². The number of morpholine rings is 1. The van der Waals surface area contributed by atoms with Crippen LogP contribution in [0.4, 0.5) is 5.95 Å². The Morgan fingerprint density at radius 3 is 2.79 bits per heavy atom. The lowest BCUT2D eigenvalue weighted by Crippen LogP contribution is -2.37. The van der Waals surface area contributed by atoms with Crippen LogP contribution in [0.1, 0.15) is 21.6 Å². The predicted octanol–water partition coefficient (Wildman–Crippen LogP) is 1.63. The van der Waals surface area contributed by atoms with Gasteiger partial charge in [0.15, 0.2) is 0 Å². The third-order valence-electron chi connectivity index (χ3n) is 4.18. The summed E-state index contributed by atoms with van der Waals surface area (Å²) >= 11 is 3.35. The Bertz CT molecular complexity index is 779. The van der Waals surface area contributed by atoms with Crippen LogP contribution in [-0.4, -0.2) is 52.1 Å². The van der Waals surface area contributed by atoms with Gasteiger partial charge in [0.2, 0.25) is 5.95 Å². The number of nitrogens with zero attached hydrogens (tertiary/aromatic N) is 5. The number of rotatable bonds is 2. The van der Waals surface area contributed by atoms with E-state index in [9.17, 15) is 4.79 Å². The molecule has 8 heteroatoms. The fourth-order valence-electron chi connectivity index (χ4n) is 2.91. The number of amides is 1. The van der Waals surface area contributed by atoms with Crippen LogP contribution in [0.2, 0.25) is 0 Å². The molecule has 0 bridgehead atoms. The number of hydrogen-bond donors (Lipinski definition) is 0. The van der Waals surface area contributed by atoms with Gasteiger partial charge in [-0.3, -0.25) is 9.78 Å². The number of hydrogen-bond acceptors (Lipinski definition) is 6. The van der Waals surface area contributed by atoms with Gasteiger partial charge in [-0.15, -0.1) is 0 Å². The minimum Gasteiger partial charge on any atom is -0.378 e. The van der Waals surface area contributed by atoms with Gasteiger partial charge in [-0.05, 0) is 22.0 Å². The van der Waals surface area contributed by atoms with Crippen LogP contribution in [0.3, 0.4) is 0 Å². The number of fused-ring (bicyclic) bond motifs is 1. The van der Waals surface area contributed by atoms with Crippen molar-refractivity contribution >= 4 is 27.8 Å². The summed E-state index contributed by atoms with van der Waals surface area (Å²) in [5.41, 5.74) is 2.49. The van der Waals surface area contributed by atoms with E-state index in [1.165, 1.54) is 0 Å². The minimum absolute atomic E-state index is 0.0466. The lowest BCUT2D eigenvalue weighted by molar-refractivity contribution is 0.0750. The normalized spacial score (nSPS) is 17.0. The molecule has 0 N–H and O–H groups in total. The van der Waals surface area contributed by atoms with E-state index in [0.29, 0.717) is 31.9 Å². The molecule has 1 saturated heterocycles. The summed E-state index contributed by atoms with van der Waals surface area (Å²) in [5, 5.41) is 0. The second kappa shape index (κ2) is 6.45. The molecule has 2 aromatic heterocycles. The van der Waals surface area contributed by atoms with Crippen molar-refractivity contribution in [2.75, 3.05) is 31.2 Å². The maximum atomic E-state index is 12.6. The highest BCUT2D eigenvalue weighted by atomic mass is 79.9. The molecule has 0 aliphatic carbocycles. The molecule has 0 unspecified atom stereocenters. The van der Waals surface area contributed by atoms with E-state index in [2.05, 4.69) is 35.8 Å². The Morgan fingerprint density at radius 2 is 2.00 bits per heavy atom. The van der Waals surface area contributed by atoms with Crippen molar-refractivity contribution in [3.8, 4) is 0 Å². The summed E-state index contributed by atoms with van der Waals surface area (Å²) in [7, 11) is 0. The van der Waals surface area contributed by atoms with E-state index >= 15 is 0 Å². The topological polar surface area (TPSA) is 71.5 Å². The van der Waals surface area contributed by atoms with Gasteiger partial charge in [-0.2, -0.15) is 0 Å². The monoisotopic (exact) mass is 389 g/mol. The van der Waals surface area contributed by atoms with Crippen molar-refractivity contribution in [2.24, 2.45) is 0 Å². The molecule has 7 nitrogen and oxygen atoms in total. The lowest BCUT2D eigenvalue weighted by Gasteiger charge is -2.26. The Balaban J connectivity index is 1.52. The summed E-state index contributed by atoms with van der Waals surface area (Å²) in [6, 6.07) is 1.78. The van der Waals surface area contributed by atoms with Gasteiger partial charge in [0, 0.05) is 48.3 Å². The number of anilines is 1. The van der Waals surface area contributed by atoms with Crippen molar-refractivity contribution in [3.05, 3.63) is 46.0 Å². The zero-order valence-corrected chi connectivity index (χ0v) is 14.6. The number of pyridine rings is 1. The number of carbonyl (C=O) groups excluding carboxylic acids is 1. The first-order valence-electron chi connectivity index (χ1n) is 7.78. The fourth-order valence-corrected chi connectivity index (χ4v) is 3.28. The minimum atomic E-state index is -0.0466. The molecule has 0 radical (unpaired) electrons. The average Bonchev–Trinajstić information content (AvgIpc) is 3.05. The van der Waals surface area contributed by atoms with Gasteiger partial charge in [-0.25, -0.2) is 9.97 Å². The Morgan fingerprint density at radius 1 is 1.17 bits per heavy atom. The number of halogens is 1. The van der Waals surface area contributed by atoms with Crippen molar-refractivity contribution in [1.29, 1.82) is 0 Å². The Kier molecular flexibility index (Phi) is 4.15. The van der Waals surface area contributed by atoms with E-state index in [1.54, 1.807) is 23.4 Å². The van der Waals surface area contributed by atoms with Crippen LogP contribution in [-0.2, 0) is 17.8 Å².